The molecule has 0 radical (unpaired) electrons. The maximum Gasteiger partial charge on any atom is 0.266 e. The monoisotopic (exact) mass is 340 g/mol. The van der Waals surface area contributed by atoms with Crippen molar-refractivity contribution in [2.24, 2.45) is 5.92 Å². The minimum atomic E-state index is -0.659. The van der Waals surface area contributed by atoms with Crippen molar-refractivity contribution in [3.8, 4) is 0 Å². The first-order valence-electron chi connectivity index (χ1n) is 8.43. The first-order valence-corrected chi connectivity index (χ1v) is 8.43. The van der Waals surface area contributed by atoms with Gasteiger partial charge < -0.3 is 5.32 Å². The molecule has 0 heterocycles. The maximum absolute atomic E-state index is 12.4. The molecule has 0 bridgehead atoms. The van der Waals surface area contributed by atoms with Crippen LogP contribution in [0.4, 0.5) is 0 Å². The molecular weight excluding hydrogens is 316 g/mol. The minimum absolute atomic E-state index is 0.0204. The summed E-state index contributed by atoms with van der Waals surface area (Å²) in [6.45, 7) is 4.17. The standard InChI is InChI=1S/C20H24N2O3/c1-3-15(2)18(21-19(23)17-12-8-5-9-13-17)20(24)22-25-14-16-10-6-4-7-11-16/h4-13,15,18H,3,14H2,1-2H3,(H,21,23)(H,22,24)/t15-,18-/m1/s1. The predicted octanol–water partition coefficient (Wildman–Crippen LogP) is 3.08. The fourth-order valence-electron chi connectivity index (χ4n) is 2.34. The number of nitrogens with one attached hydrogen (secondary N) is 2. The van der Waals surface area contributed by atoms with E-state index in [0.717, 1.165) is 12.0 Å². The quantitative estimate of drug-likeness (QED) is 0.726. The number of rotatable bonds is 8. The highest BCUT2D eigenvalue weighted by atomic mass is 16.6. The van der Waals surface area contributed by atoms with Gasteiger partial charge in [0.25, 0.3) is 11.8 Å². The molecule has 0 aliphatic rings. The molecule has 0 aliphatic heterocycles. The van der Waals surface area contributed by atoms with Crippen LogP contribution in [0.15, 0.2) is 60.7 Å². The second-order valence-corrected chi connectivity index (χ2v) is 5.94. The molecule has 132 valence electrons. The van der Waals surface area contributed by atoms with Crippen molar-refractivity contribution in [1.29, 1.82) is 0 Å². The molecule has 0 aliphatic carbocycles. The zero-order valence-electron chi connectivity index (χ0n) is 14.6. The van der Waals surface area contributed by atoms with Crippen LogP contribution in [0, 0.1) is 5.92 Å². The summed E-state index contributed by atoms with van der Waals surface area (Å²) < 4.78 is 0. The van der Waals surface area contributed by atoms with Crippen LogP contribution in [0.5, 0.6) is 0 Å². The number of hydrogen-bond donors (Lipinski definition) is 2. The summed E-state index contributed by atoms with van der Waals surface area (Å²) in [6, 6.07) is 17.7. The summed E-state index contributed by atoms with van der Waals surface area (Å²) in [4.78, 5) is 30.1. The Balaban J connectivity index is 1.94. The van der Waals surface area contributed by atoms with Crippen molar-refractivity contribution in [2.75, 3.05) is 0 Å². The van der Waals surface area contributed by atoms with Crippen LogP contribution < -0.4 is 10.8 Å². The average molecular weight is 340 g/mol. The lowest BCUT2D eigenvalue weighted by Crippen LogP contribution is -2.50. The minimum Gasteiger partial charge on any atom is -0.340 e. The van der Waals surface area contributed by atoms with Crippen LogP contribution in [0.2, 0.25) is 0 Å². The number of carbonyl (C=O) groups is 2. The Hall–Kier alpha value is -2.66. The third kappa shape index (κ3) is 5.72. The SMILES string of the molecule is CC[C@@H](C)[C@@H](NC(=O)c1ccccc1)C(=O)NOCc1ccccc1. The van der Waals surface area contributed by atoms with E-state index in [2.05, 4.69) is 10.8 Å². The lowest BCUT2D eigenvalue weighted by molar-refractivity contribution is -0.137. The summed E-state index contributed by atoms with van der Waals surface area (Å²) in [5.41, 5.74) is 3.93. The maximum atomic E-state index is 12.4. The third-order valence-corrected chi connectivity index (χ3v) is 4.07. The van der Waals surface area contributed by atoms with Crippen LogP contribution in [0.3, 0.4) is 0 Å². The molecule has 25 heavy (non-hydrogen) atoms. The van der Waals surface area contributed by atoms with Crippen molar-refractivity contribution >= 4 is 11.8 Å². The van der Waals surface area contributed by atoms with Gasteiger partial charge in [0.1, 0.15) is 6.04 Å². The van der Waals surface area contributed by atoms with Gasteiger partial charge in [-0.25, -0.2) is 5.48 Å². The van der Waals surface area contributed by atoms with Gasteiger partial charge in [0.15, 0.2) is 0 Å². The van der Waals surface area contributed by atoms with Gasteiger partial charge in [0.2, 0.25) is 0 Å². The Morgan fingerprint density at radius 2 is 1.60 bits per heavy atom. The Kier molecular flexibility index (Phi) is 7.16. The molecular formula is C20H24N2O3. The Labute approximate surface area is 148 Å². The van der Waals surface area contributed by atoms with E-state index in [1.54, 1.807) is 24.3 Å². The summed E-state index contributed by atoms with van der Waals surface area (Å²) in [5, 5.41) is 2.80. The topological polar surface area (TPSA) is 67.4 Å². The number of amides is 2. The molecule has 5 nitrogen and oxygen atoms in total. The lowest BCUT2D eigenvalue weighted by Gasteiger charge is -2.23. The second kappa shape index (κ2) is 9.59. The van der Waals surface area contributed by atoms with Crippen molar-refractivity contribution < 1.29 is 14.4 Å². The largest absolute Gasteiger partial charge is 0.340 e. The van der Waals surface area contributed by atoms with Crippen LogP contribution in [0.25, 0.3) is 0 Å². The van der Waals surface area contributed by atoms with Crippen molar-refractivity contribution in [1.82, 2.24) is 10.8 Å². The van der Waals surface area contributed by atoms with E-state index < -0.39 is 6.04 Å². The van der Waals surface area contributed by atoms with Gasteiger partial charge in [-0.15, -0.1) is 0 Å². The highest BCUT2D eigenvalue weighted by Gasteiger charge is 2.26. The number of hydrogen-bond acceptors (Lipinski definition) is 3. The molecule has 0 saturated heterocycles. The zero-order valence-corrected chi connectivity index (χ0v) is 14.6. The van der Waals surface area contributed by atoms with Crippen molar-refractivity contribution in [3.05, 3.63) is 71.8 Å². The molecule has 0 fully saturated rings. The second-order valence-electron chi connectivity index (χ2n) is 5.94. The smallest absolute Gasteiger partial charge is 0.266 e. The van der Waals surface area contributed by atoms with Gasteiger partial charge in [0.05, 0.1) is 6.61 Å². The van der Waals surface area contributed by atoms with E-state index >= 15 is 0 Å². The van der Waals surface area contributed by atoms with Gasteiger partial charge in [-0.1, -0.05) is 68.8 Å². The third-order valence-electron chi connectivity index (χ3n) is 4.07. The van der Waals surface area contributed by atoms with E-state index in [4.69, 9.17) is 4.84 Å². The summed E-state index contributed by atoms with van der Waals surface area (Å²) in [6.07, 6.45) is 0.756. The van der Waals surface area contributed by atoms with Gasteiger partial charge >= 0.3 is 0 Å². The Morgan fingerprint density at radius 1 is 1.00 bits per heavy atom. The molecule has 2 rings (SSSR count). The van der Waals surface area contributed by atoms with E-state index in [9.17, 15) is 9.59 Å². The lowest BCUT2D eigenvalue weighted by atomic mass is 9.98. The van der Waals surface area contributed by atoms with E-state index in [-0.39, 0.29) is 24.3 Å². The van der Waals surface area contributed by atoms with Gasteiger partial charge in [-0.3, -0.25) is 14.4 Å². The van der Waals surface area contributed by atoms with Gasteiger partial charge in [-0.05, 0) is 23.6 Å². The molecule has 0 aromatic heterocycles. The van der Waals surface area contributed by atoms with E-state index in [1.165, 1.54) is 0 Å². The zero-order chi connectivity index (χ0) is 18.1. The van der Waals surface area contributed by atoms with Crippen molar-refractivity contribution in [2.45, 2.75) is 32.9 Å². The number of benzene rings is 2. The van der Waals surface area contributed by atoms with Crippen LogP contribution >= 0.6 is 0 Å². The molecule has 0 spiro atoms. The molecule has 2 aromatic carbocycles. The highest BCUT2D eigenvalue weighted by Crippen LogP contribution is 2.10. The molecule has 0 unspecified atom stereocenters. The van der Waals surface area contributed by atoms with Crippen LogP contribution in [0.1, 0.15) is 36.2 Å². The first-order chi connectivity index (χ1) is 12.1. The summed E-state index contributed by atoms with van der Waals surface area (Å²) >= 11 is 0. The highest BCUT2D eigenvalue weighted by molar-refractivity contribution is 5.97. The fourth-order valence-corrected chi connectivity index (χ4v) is 2.34. The fraction of sp³-hybridized carbons (Fsp3) is 0.300. The summed E-state index contributed by atoms with van der Waals surface area (Å²) in [5.74, 6) is -0.647. The predicted molar refractivity (Wildman–Crippen MR) is 96.5 cm³/mol. The van der Waals surface area contributed by atoms with Crippen molar-refractivity contribution in [3.63, 3.8) is 0 Å². The Morgan fingerprint density at radius 3 is 2.20 bits per heavy atom. The van der Waals surface area contributed by atoms with E-state index in [1.807, 2.05) is 50.2 Å². The normalized spacial score (nSPS) is 12.9. The average Bonchev–Trinajstić information content (AvgIpc) is 2.66. The molecule has 2 N–H and O–H groups in total. The summed E-state index contributed by atoms with van der Waals surface area (Å²) in [7, 11) is 0. The molecule has 2 atom stereocenters. The van der Waals surface area contributed by atoms with E-state index in [0.29, 0.717) is 5.56 Å². The van der Waals surface area contributed by atoms with Gasteiger partial charge in [-0.2, -0.15) is 0 Å². The first kappa shape index (κ1) is 18.7. The molecule has 5 heteroatoms. The Bertz CT molecular complexity index is 674. The van der Waals surface area contributed by atoms with Crippen LogP contribution in [-0.2, 0) is 16.2 Å². The number of hydroxylamine groups is 1. The molecule has 2 amide bonds. The molecule has 0 saturated carbocycles. The van der Waals surface area contributed by atoms with Gasteiger partial charge in [0, 0.05) is 5.56 Å². The van der Waals surface area contributed by atoms with Crippen LogP contribution in [-0.4, -0.2) is 17.9 Å². The number of carbonyl (C=O) groups excluding carboxylic acids is 2. The molecule has 2 aromatic rings.